The van der Waals surface area contributed by atoms with Crippen LogP contribution in [0.5, 0.6) is 0 Å². The summed E-state index contributed by atoms with van der Waals surface area (Å²) in [5.41, 5.74) is 2.51. The molecule has 1 fully saturated rings. The van der Waals surface area contributed by atoms with Gasteiger partial charge in [-0.1, -0.05) is 0 Å². The molecule has 1 N–H and O–H groups in total. The Morgan fingerprint density at radius 1 is 1.25 bits per heavy atom. The van der Waals surface area contributed by atoms with E-state index < -0.39 is 0 Å². The van der Waals surface area contributed by atoms with Gasteiger partial charge in [0.15, 0.2) is 0 Å². The van der Waals surface area contributed by atoms with E-state index in [4.69, 9.17) is 4.42 Å². The first-order valence-corrected chi connectivity index (χ1v) is 8.37. The largest absolute Gasteiger partial charge is 0.466 e. The summed E-state index contributed by atoms with van der Waals surface area (Å²) in [4.78, 5) is 23.6. The Balaban J connectivity index is 1.60. The van der Waals surface area contributed by atoms with Gasteiger partial charge in [0.1, 0.15) is 17.3 Å². The highest BCUT2D eigenvalue weighted by Crippen LogP contribution is 2.21. The van der Waals surface area contributed by atoms with Crippen molar-refractivity contribution in [2.75, 3.05) is 18.0 Å². The zero-order chi connectivity index (χ0) is 17.3. The molecule has 3 heterocycles. The second kappa shape index (κ2) is 6.63. The molecule has 0 atom stereocenters. The van der Waals surface area contributed by atoms with Crippen LogP contribution in [0.3, 0.4) is 0 Å². The van der Waals surface area contributed by atoms with Crippen LogP contribution in [0.25, 0.3) is 0 Å². The average Bonchev–Trinajstić information content (AvgIpc) is 2.89. The summed E-state index contributed by atoms with van der Waals surface area (Å²) in [6, 6.07) is 1.98. The topological polar surface area (TPSA) is 71.3 Å². The van der Waals surface area contributed by atoms with Crippen LogP contribution >= 0.6 is 0 Å². The van der Waals surface area contributed by atoms with Crippen LogP contribution in [0.4, 0.5) is 5.82 Å². The van der Waals surface area contributed by atoms with E-state index in [0.717, 1.165) is 48.9 Å². The molecule has 0 spiro atoms. The van der Waals surface area contributed by atoms with Crippen molar-refractivity contribution < 1.29 is 9.21 Å². The van der Waals surface area contributed by atoms with Gasteiger partial charge in [-0.2, -0.15) is 0 Å². The fourth-order valence-corrected chi connectivity index (χ4v) is 3.18. The Kier molecular flexibility index (Phi) is 4.55. The SMILES string of the molecule is Cc1cnc(C)c(N2CCC(NC(=O)c3cc(C)oc3C)CC2)n1. The normalized spacial score (nSPS) is 15.6. The molecule has 6 heteroatoms. The molecule has 1 amide bonds. The first kappa shape index (κ1) is 16.5. The minimum absolute atomic E-state index is 0.0469. The fourth-order valence-electron chi connectivity index (χ4n) is 3.18. The number of anilines is 1. The number of carbonyl (C=O) groups is 1. The maximum atomic E-state index is 12.4. The molecule has 1 aliphatic heterocycles. The van der Waals surface area contributed by atoms with E-state index >= 15 is 0 Å². The van der Waals surface area contributed by atoms with Gasteiger partial charge in [-0.05, 0) is 46.6 Å². The van der Waals surface area contributed by atoms with E-state index in [9.17, 15) is 4.79 Å². The van der Waals surface area contributed by atoms with Crippen molar-refractivity contribution in [2.24, 2.45) is 0 Å². The van der Waals surface area contributed by atoms with E-state index in [1.54, 1.807) is 12.3 Å². The van der Waals surface area contributed by atoms with Gasteiger partial charge in [0, 0.05) is 25.3 Å². The molecule has 2 aromatic heterocycles. The van der Waals surface area contributed by atoms with Gasteiger partial charge in [-0.3, -0.25) is 9.78 Å². The number of nitrogens with zero attached hydrogens (tertiary/aromatic N) is 3. The smallest absolute Gasteiger partial charge is 0.255 e. The molecule has 0 aliphatic carbocycles. The maximum absolute atomic E-state index is 12.4. The number of rotatable bonds is 3. The molecule has 3 rings (SSSR count). The van der Waals surface area contributed by atoms with E-state index in [-0.39, 0.29) is 11.9 Å². The van der Waals surface area contributed by atoms with Crippen LogP contribution in [-0.4, -0.2) is 35.0 Å². The fraction of sp³-hybridized carbons (Fsp3) is 0.500. The molecule has 6 nitrogen and oxygen atoms in total. The first-order chi connectivity index (χ1) is 11.4. The predicted octanol–water partition coefficient (Wildman–Crippen LogP) is 2.70. The highest BCUT2D eigenvalue weighted by atomic mass is 16.3. The number of furan rings is 1. The third kappa shape index (κ3) is 3.42. The van der Waals surface area contributed by atoms with Gasteiger partial charge in [0.2, 0.25) is 0 Å². The van der Waals surface area contributed by atoms with Gasteiger partial charge in [-0.25, -0.2) is 4.98 Å². The molecule has 2 aromatic rings. The lowest BCUT2D eigenvalue weighted by Gasteiger charge is -2.33. The lowest BCUT2D eigenvalue weighted by Crippen LogP contribution is -2.45. The number of aryl methyl sites for hydroxylation is 4. The standard InChI is InChI=1S/C18H24N4O2/c1-11-10-19-13(3)17(20-11)22-7-5-15(6-8-22)21-18(23)16-9-12(2)24-14(16)4/h9-10,15H,5-8H2,1-4H3,(H,21,23). The van der Waals surface area contributed by atoms with Crippen molar-refractivity contribution in [1.29, 1.82) is 0 Å². The van der Waals surface area contributed by atoms with Gasteiger partial charge in [0.25, 0.3) is 5.91 Å². The minimum Gasteiger partial charge on any atom is -0.466 e. The van der Waals surface area contributed by atoms with Crippen LogP contribution in [0.1, 0.15) is 46.1 Å². The van der Waals surface area contributed by atoms with Gasteiger partial charge in [0.05, 0.1) is 17.0 Å². The van der Waals surface area contributed by atoms with E-state index in [2.05, 4.69) is 20.2 Å². The van der Waals surface area contributed by atoms with E-state index in [0.29, 0.717) is 11.3 Å². The molecule has 0 radical (unpaired) electrons. The number of hydrogen-bond acceptors (Lipinski definition) is 5. The highest BCUT2D eigenvalue weighted by Gasteiger charge is 2.24. The summed E-state index contributed by atoms with van der Waals surface area (Å²) in [6.07, 6.45) is 3.59. The monoisotopic (exact) mass is 328 g/mol. The van der Waals surface area contributed by atoms with Crippen LogP contribution in [-0.2, 0) is 0 Å². The minimum atomic E-state index is -0.0469. The molecule has 128 valence electrons. The second-order valence-corrected chi connectivity index (χ2v) is 6.48. The van der Waals surface area contributed by atoms with Crippen molar-refractivity contribution in [3.8, 4) is 0 Å². The number of hydrogen-bond donors (Lipinski definition) is 1. The first-order valence-electron chi connectivity index (χ1n) is 8.37. The molecule has 0 saturated carbocycles. The van der Waals surface area contributed by atoms with Crippen molar-refractivity contribution in [3.63, 3.8) is 0 Å². The molecular formula is C18H24N4O2. The zero-order valence-electron chi connectivity index (χ0n) is 14.7. The summed E-state index contributed by atoms with van der Waals surface area (Å²) >= 11 is 0. The van der Waals surface area contributed by atoms with Gasteiger partial charge >= 0.3 is 0 Å². The Labute approximate surface area is 142 Å². The lowest BCUT2D eigenvalue weighted by atomic mass is 10.0. The molecule has 1 aliphatic rings. The Morgan fingerprint density at radius 2 is 1.96 bits per heavy atom. The summed E-state index contributed by atoms with van der Waals surface area (Å²) in [7, 11) is 0. The third-order valence-corrected chi connectivity index (χ3v) is 4.47. The van der Waals surface area contributed by atoms with Crippen molar-refractivity contribution in [1.82, 2.24) is 15.3 Å². The number of amides is 1. The Morgan fingerprint density at radius 3 is 2.58 bits per heavy atom. The summed E-state index contributed by atoms with van der Waals surface area (Å²) in [5.74, 6) is 2.35. The zero-order valence-corrected chi connectivity index (χ0v) is 14.7. The number of nitrogens with one attached hydrogen (secondary N) is 1. The van der Waals surface area contributed by atoms with Crippen molar-refractivity contribution in [2.45, 2.75) is 46.6 Å². The van der Waals surface area contributed by atoms with Crippen LogP contribution in [0.2, 0.25) is 0 Å². The van der Waals surface area contributed by atoms with E-state index in [1.165, 1.54) is 0 Å². The number of piperidine rings is 1. The lowest BCUT2D eigenvalue weighted by molar-refractivity contribution is 0.0929. The van der Waals surface area contributed by atoms with E-state index in [1.807, 2.05) is 27.7 Å². The molecule has 24 heavy (non-hydrogen) atoms. The molecule has 1 saturated heterocycles. The molecule has 0 aromatic carbocycles. The number of carbonyl (C=O) groups excluding carboxylic acids is 1. The third-order valence-electron chi connectivity index (χ3n) is 4.47. The number of aromatic nitrogens is 2. The predicted molar refractivity (Wildman–Crippen MR) is 92.4 cm³/mol. The van der Waals surface area contributed by atoms with Crippen LogP contribution in [0.15, 0.2) is 16.7 Å². The summed E-state index contributed by atoms with van der Waals surface area (Å²) < 4.78 is 5.44. The van der Waals surface area contributed by atoms with Crippen LogP contribution < -0.4 is 10.2 Å². The van der Waals surface area contributed by atoms with Gasteiger partial charge in [-0.15, -0.1) is 0 Å². The molecule has 0 bridgehead atoms. The average molecular weight is 328 g/mol. The molecular weight excluding hydrogens is 304 g/mol. The van der Waals surface area contributed by atoms with Gasteiger partial charge < -0.3 is 14.6 Å². The second-order valence-electron chi connectivity index (χ2n) is 6.48. The summed E-state index contributed by atoms with van der Waals surface area (Å²) in [5, 5.41) is 3.13. The molecule has 0 unspecified atom stereocenters. The highest BCUT2D eigenvalue weighted by molar-refractivity contribution is 5.95. The maximum Gasteiger partial charge on any atom is 0.255 e. The van der Waals surface area contributed by atoms with Crippen molar-refractivity contribution >= 4 is 11.7 Å². The van der Waals surface area contributed by atoms with Crippen molar-refractivity contribution in [3.05, 3.63) is 40.7 Å². The quantitative estimate of drug-likeness (QED) is 0.938. The Hall–Kier alpha value is -2.37. The van der Waals surface area contributed by atoms with Crippen LogP contribution in [0, 0.1) is 27.7 Å². The summed E-state index contributed by atoms with van der Waals surface area (Å²) in [6.45, 7) is 9.36. The Bertz CT molecular complexity index is 745.